The number of nitrogen functional groups attached to an aromatic ring is 1. The van der Waals surface area contributed by atoms with Crippen molar-refractivity contribution in [1.82, 2.24) is 0 Å². The van der Waals surface area contributed by atoms with Crippen LogP contribution in [-0.4, -0.2) is 0 Å². The Kier molecular flexibility index (Phi) is 3.17. The molecule has 0 fully saturated rings. The highest BCUT2D eigenvalue weighted by Gasteiger charge is 2.23. The smallest absolute Gasteiger partial charge is 0.0437 e. The first-order chi connectivity index (χ1) is 9.56. The number of hydrogen-bond donors (Lipinski definition) is 1. The van der Waals surface area contributed by atoms with Crippen LogP contribution in [0.4, 0.5) is 11.4 Å². The normalized spacial score (nSPS) is 13.9. The van der Waals surface area contributed by atoms with Crippen molar-refractivity contribution in [1.29, 1.82) is 0 Å². The average molecular weight is 266 g/mol. The molecule has 0 saturated heterocycles. The van der Waals surface area contributed by atoms with E-state index in [1.165, 1.54) is 27.9 Å². The lowest BCUT2D eigenvalue weighted by Crippen LogP contribution is -2.18. The number of nitrogens with two attached hydrogens (primary N) is 1. The molecular formula is C18H22N2. The molecule has 1 aliphatic rings. The summed E-state index contributed by atoms with van der Waals surface area (Å²) < 4.78 is 0. The highest BCUT2D eigenvalue weighted by atomic mass is 15.1. The Hall–Kier alpha value is -1.96. The lowest BCUT2D eigenvalue weighted by molar-refractivity contribution is 0.816. The van der Waals surface area contributed by atoms with E-state index in [9.17, 15) is 0 Å². The average Bonchev–Trinajstić information content (AvgIpc) is 2.80. The van der Waals surface area contributed by atoms with Gasteiger partial charge in [-0.2, -0.15) is 0 Å². The predicted octanol–water partition coefficient (Wildman–Crippen LogP) is 4.22. The van der Waals surface area contributed by atoms with Gasteiger partial charge >= 0.3 is 0 Å². The van der Waals surface area contributed by atoms with Gasteiger partial charge in [-0.3, -0.25) is 0 Å². The molecule has 2 aromatic rings. The van der Waals surface area contributed by atoms with Crippen molar-refractivity contribution < 1.29 is 0 Å². The molecule has 2 N–H and O–H groups in total. The number of anilines is 2. The molecule has 0 radical (unpaired) electrons. The lowest BCUT2D eigenvalue weighted by Gasteiger charge is -2.25. The fourth-order valence-corrected chi connectivity index (χ4v) is 3.15. The zero-order valence-corrected chi connectivity index (χ0v) is 12.5. The van der Waals surface area contributed by atoms with Gasteiger partial charge in [-0.1, -0.05) is 38.1 Å². The van der Waals surface area contributed by atoms with Crippen molar-refractivity contribution in [3.8, 4) is 0 Å². The molecule has 0 aromatic heterocycles. The number of fused-ring (bicyclic) bond motifs is 1. The number of benzene rings is 2. The van der Waals surface area contributed by atoms with Crippen LogP contribution < -0.4 is 10.6 Å². The maximum atomic E-state index is 5.90. The van der Waals surface area contributed by atoms with E-state index in [4.69, 9.17) is 5.73 Å². The van der Waals surface area contributed by atoms with E-state index in [1.54, 1.807) is 0 Å². The molecule has 0 unspecified atom stereocenters. The molecule has 0 aliphatic carbocycles. The summed E-state index contributed by atoms with van der Waals surface area (Å²) in [5.74, 6) is 0.540. The van der Waals surface area contributed by atoms with Crippen molar-refractivity contribution >= 4 is 11.4 Å². The Bertz CT molecular complexity index is 644. The molecular weight excluding hydrogens is 244 g/mol. The summed E-state index contributed by atoms with van der Waals surface area (Å²) in [6, 6.07) is 12.9. The first kappa shape index (κ1) is 13.0. The summed E-state index contributed by atoms with van der Waals surface area (Å²) in [6.45, 7) is 8.68. The Morgan fingerprint density at radius 3 is 2.55 bits per heavy atom. The predicted molar refractivity (Wildman–Crippen MR) is 86.0 cm³/mol. The van der Waals surface area contributed by atoms with Crippen LogP contribution in [0.5, 0.6) is 0 Å². The SMILES string of the molecule is Cc1cccc(C(C)C)c1N1Cc2ccc(N)cc2C1. The molecule has 1 aliphatic heterocycles. The van der Waals surface area contributed by atoms with Gasteiger partial charge in [0.1, 0.15) is 0 Å². The van der Waals surface area contributed by atoms with Crippen LogP contribution in [0.2, 0.25) is 0 Å². The van der Waals surface area contributed by atoms with Crippen molar-refractivity contribution in [2.75, 3.05) is 10.6 Å². The van der Waals surface area contributed by atoms with Gasteiger partial charge in [-0.25, -0.2) is 0 Å². The number of aryl methyl sites for hydroxylation is 1. The summed E-state index contributed by atoms with van der Waals surface area (Å²) in [7, 11) is 0. The number of nitrogens with zero attached hydrogens (tertiary/aromatic N) is 1. The third-order valence-corrected chi connectivity index (χ3v) is 4.16. The maximum absolute atomic E-state index is 5.90. The highest BCUT2D eigenvalue weighted by molar-refractivity contribution is 5.63. The van der Waals surface area contributed by atoms with Gasteiger partial charge in [-0.05, 0) is 47.2 Å². The monoisotopic (exact) mass is 266 g/mol. The van der Waals surface area contributed by atoms with Gasteiger partial charge < -0.3 is 10.6 Å². The Morgan fingerprint density at radius 1 is 1.05 bits per heavy atom. The largest absolute Gasteiger partial charge is 0.399 e. The van der Waals surface area contributed by atoms with Gasteiger partial charge in [0.2, 0.25) is 0 Å². The number of hydrogen-bond acceptors (Lipinski definition) is 2. The van der Waals surface area contributed by atoms with E-state index < -0.39 is 0 Å². The molecule has 0 atom stereocenters. The number of rotatable bonds is 2. The Labute approximate surface area is 121 Å². The van der Waals surface area contributed by atoms with Crippen LogP contribution in [0.1, 0.15) is 42.0 Å². The minimum atomic E-state index is 0.540. The van der Waals surface area contributed by atoms with E-state index in [0.29, 0.717) is 5.92 Å². The summed E-state index contributed by atoms with van der Waals surface area (Å²) in [4.78, 5) is 2.48. The van der Waals surface area contributed by atoms with Gasteiger partial charge in [0.15, 0.2) is 0 Å². The topological polar surface area (TPSA) is 29.3 Å². The summed E-state index contributed by atoms with van der Waals surface area (Å²) in [5, 5.41) is 0. The van der Waals surface area contributed by atoms with Gasteiger partial charge in [0.25, 0.3) is 0 Å². The quantitative estimate of drug-likeness (QED) is 0.825. The minimum Gasteiger partial charge on any atom is -0.399 e. The van der Waals surface area contributed by atoms with Crippen molar-refractivity contribution in [3.05, 3.63) is 58.7 Å². The minimum absolute atomic E-state index is 0.540. The highest BCUT2D eigenvalue weighted by Crippen LogP contribution is 2.36. The molecule has 0 saturated carbocycles. The second-order valence-electron chi connectivity index (χ2n) is 6.05. The Balaban J connectivity index is 2.01. The first-order valence-corrected chi connectivity index (χ1v) is 7.28. The fraction of sp³-hybridized carbons (Fsp3) is 0.333. The van der Waals surface area contributed by atoms with Gasteiger partial charge in [0, 0.05) is 24.5 Å². The van der Waals surface area contributed by atoms with E-state index in [1.807, 2.05) is 6.07 Å². The summed E-state index contributed by atoms with van der Waals surface area (Å²) >= 11 is 0. The summed E-state index contributed by atoms with van der Waals surface area (Å²) in [5.41, 5.74) is 13.7. The molecule has 0 bridgehead atoms. The van der Waals surface area contributed by atoms with E-state index >= 15 is 0 Å². The second kappa shape index (κ2) is 4.86. The lowest BCUT2D eigenvalue weighted by atomic mass is 9.97. The van der Waals surface area contributed by atoms with E-state index in [0.717, 1.165) is 18.8 Å². The van der Waals surface area contributed by atoms with E-state index in [2.05, 4.69) is 56.0 Å². The van der Waals surface area contributed by atoms with Crippen LogP contribution in [0.15, 0.2) is 36.4 Å². The van der Waals surface area contributed by atoms with Crippen molar-refractivity contribution in [2.45, 2.75) is 39.8 Å². The third-order valence-electron chi connectivity index (χ3n) is 4.16. The van der Waals surface area contributed by atoms with Crippen LogP contribution in [-0.2, 0) is 13.1 Å². The van der Waals surface area contributed by atoms with Crippen LogP contribution in [0.3, 0.4) is 0 Å². The zero-order chi connectivity index (χ0) is 14.3. The van der Waals surface area contributed by atoms with Crippen molar-refractivity contribution in [2.24, 2.45) is 0 Å². The molecule has 3 rings (SSSR count). The first-order valence-electron chi connectivity index (χ1n) is 7.28. The molecule has 2 heteroatoms. The molecule has 0 amide bonds. The van der Waals surface area contributed by atoms with Crippen molar-refractivity contribution in [3.63, 3.8) is 0 Å². The molecule has 20 heavy (non-hydrogen) atoms. The maximum Gasteiger partial charge on any atom is 0.0437 e. The second-order valence-corrected chi connectivity index (χ2v) is 6.05. The van der Waals surface area contributed by atoms with Crippen LogP contribution in [0, 0.1) is 6.92 Å². The van der Waals surface area contributed by atoms with Crippen LogP contribution >= 0.6 is 0 Å². The number of para-hydroxylation sites is 1. The zero-order valence-electron chi connectivity index (χ0n) is 12.5. The van der Waals surface area contributed by atoms with Crippen LogP contribution in [0.25, 0.3) is 0 Å². The molecule has 0 spiro atoms. The summed E-state index contributed by atoms with van der Waals surface area (Å²) in [6.07, 6.45) is 0. The van der Waals surface area contributed by atoms with E-state index in [-0.39, 0.29) is 0 Å². The standard InChI is InChI=1S/C18H22N2/c1-12(2)17-6-4-5-13(3)18(17)20-10-14-7-8-16(19)9-15(14)11-20/h4-9,12H,10-11,19H2,1-3H3. The molecule has 2 aromatic carbocycles. The molecule has 2 nitrogen and oxygen atoms in total. The molecule has 104 valence electrons. The fourth-order valence-electron chi connectivity index (χ4n) is 3.15. The molecule has 1 heterocycles. The Morgan fingerprint density at radius 2 is 1.80 bits per heavy atom. The third kappa shape index (κ3) is 2.15. The van der Waals surface area contributed by atoms with Gasteiger partial charge in [-0.15, -0.1) is 0 Å². The van der Waals surface area contributed by atoms with Gasteiger partial charge in [0.05, 0.1) is 0 Å².